The van der Waals surface area contributed by atoms with Gasteiger partial charge in [0.15, 0.2) is 0 Å². The van der Waals surface area contributed by atoms with Gasteiger partial charge in [-0.05, 0) is 42.8 Å². The van der Waals surface area contributed by atoms with E-state index >= 15 is 0 Å². The number of fused-ring (bicyclic) bond motifs is 2. The number of amides is 1. The number of imidazole rings is 1. The summed E-state index contributed by atoms with van der Waals surface area (Å²) in [5.74, 6) is -1.39. The summed E-state index contributed by atoms with van der Waals surface area (Å²) in [6.07, 6.45) is -3.72. The minimum Gasteiger partial charge on any atom is -0.350 e. The summed E-state index contributed by atoms with van der Waals surface area (Å²) in [5.41, 5.74) is 3.22. The topological polar surface area (TPSA) is 61.0 Å². The molecule has 0 saturated carbocycles. The molecule has 2 N–H and O–H groups in total. The highest BCUT2D eigenvalue weighted by Crippen LogP contribution is 2.28. The molecule has 0 fully saturated rings. The fourth-order valence-electron chi connectivity index (χ4n) is 3.54. The van der Waals surface area contributed by atoms with Crippen LogP contribution in [-0.4, -0.2) is 40.4 Å². The molecule has 5 nitrogen and oxygen atoms in total. The van der Waals surface area contributed by atoms with Gasteiger partial charge in [-0.1, -0.05) is 24.3 Å². The first-order chi connectivity index (χ1) is 13.3. The Labute approximate surface area is 159 Å². The molecule has 1 aliphatic rings. The van der Waals surface area contributed by atoms with Crippen LogP contribution < -0.4 is 5.32 Å². The Morgan fingerprint density at radius 1 is 1.25 bits per heavy atom. The molecule has 1 amide bonds. The van der Waals surface area contributed by atoms with Crippen molar-refractivity contribution < 1.29 is 18.0 Å². The van der Waals surface area contributed by atoms with Crippen molar-refractivity contribution in [2.75, 3.05) is 13.6 Å². The van der Waals surface area contributed by atoms with Crippen molar-refractivity contribution in [1.29, 1.82) is 0 Å². The Bertz CT molecular complexity index is 1030. The van der Waals surface area contributed by atoms with Crippen LogP contribution in [0.15, 0.2) is 42.5 Å². The van der Waals surface area contributed by atoms with Crippen molar-refractivity contribution >= 4 is 16.9 Å². The van der Waals surface area contributed by atoms with Gasteiger partial charge in [0, 0.05) is 24.7 Å². The number of benzene rings is 2. The molecule has 2 aromatic carbocycles. The number of likely N-dealkylation sites (N-methyl/N-ethyl adjacent to an activating group) is 1. The predicted molar refractivity (Wildman–Crippen MR) is 98.8 cm³/mol. The van der Waals surface area contributed by atoms with Crippen LogP contribution in [-0.2, 0) is 19.1 Å². The summed E-state index contributed by atoms with van der Waals surface area (Å²) < 4.78 is 38.3. The van der Waals surface area contributed by atoms with Gasteiger partial charge in [-0.3, -0.25) is 9.69 Å². The fraction of sp³-hybridized carbons (Fsp3) is 0.300. The minimum absolute atomic E-state index is 0.159. The molecule has 0 aliphatic carbocycles. The van der Waals surface area contributed by atoms with Gasteiger partial charge in [-0.2, -0.15) is 13.2 Å². The lowest BCUT2D eigenvalue weighted by Gasteiger charge is -2.34. The van der Waals surface area contributed by atoms with Gasteiger partial charge < -0.3 is 10.3 Å². The molecular formula is C20H19F3N4O. The molecule has 4 rings (SSSR count). The standard InChI is InChI=1S/C20H19F3N4O/c1-27-11-14-5-3-2-4-12(14)8-15(27)10-24-18(28)13-6-7-16-17(9-13)26-19(25-16)20(21,22)23/h2-7,9,15H,8,10-11H2,1H3,(H,24,28)(H,25,26)/t15-/m1/s1. The molecule has 0 bridgehead atoms. The van der Waals surface area contributed by atoms with Crippen LogP contribution in [0.3, 0.4) is 0 Å². The molecule has 0 unspecified atom stereocenters. The number of aromatic amines is 1. The van der Waals surface area contributed by atoms with Crippen LogP contribution in [0.25, 0.3) is 11.0 Å². The SMILES string of the molecule is CN1Cc2ccccc2C[C@@H]1CNC(=O)c1ccc2nc(C(F)(F)F)[nH]c2c1. The third-order valence-electron chi connectivity index (χ3n) is 5.13. The van der Waals surface area contributed by atoms with E-state index in [1.54, 1.807) is 0 Å². The molecule has 3 aromatic rings. The molecule has 0 spiro atoms. The molecule has 2 heterocycles. The van der Waals surface area contributed by atoms with Crippen LogP contribution in [0.4, 0.5) is 13.2 Å². The summed E-state index contributed by atoms with van der Waals surface area (Å²) in [5, 5.41) is 2.89. The number of nitrogens with one attached hydrogen (secondary N) is 2. The summed E-state index contributed by atoms with van der Waals surface area (Å²) >= 11 is 0. The van der Waals surface area contributed by atoms with E-state index in [1.807, 2.05) is 19.2 Å². The molecule has 1 aliphatic heterocycles. The van der Waals surface area contributed by atoms with Gasteiger partial charge in [-0.25, -0.2) is 4.98 Å². The monoisotopic (exact) mass is 388 g/mol. The van der Waals surface area contributed by atoms with Crippen LogP contribution >= 0.6 is 0 Å². The third kappa shape index (κ3) is 3.60. The highest BCUT2D eigenvalue weighted by molar-refractivity contribution is 5.97. The zero-order chi connectivity index (χ0) is 19.9. The van der Waals surface area contributed by atoms with E-state index in [0.29, 0.717) is 12.1 Å². The van der Waals surface area contributed by atoms with Gasteiger partial charge >= 0.3 is 6.18 Å². The number of H-pyrrole nitrogens is 1. The highest BCUT2D eigenvalue weighted by Gasteiger charge is 2.34. The first-order valence-corrected chi connectivity index (χ1v) is 8.93. The highest BCUT2D eigenvalue weighted by atomic mass is 19.4. The van der Waals surface area contributed by atoms with E-state index in [0.717, 1.165) is 13.0 Å². The number of nitrogens with zero attached hydrogens (tertiary/aromatic N) is 2. The maximum atomic E-state index is 12.8. The van der Waals surface area contributed by atoms with E-state index in [9.17, 15) is 18.0 Å². The van der Waals surface area contributed by atoms with Crippen LogP contribution in [0.5, 0.6) is 0 Å². The molecule has 0 saturated heterocycles. The molecule has 28 heavy (non-hydrogen) atoms. The van der Waals surface area contributed by atoms with Crippen molar-refractivity contribution in [2.24, 2.45) is 0 Å². The number of alkyl halides is 3. The van der Waals surface area contributed by atoms with Gasteiger partial charge in [0.2, 0.25) is 5.82 Å². The number of rotatable bonds is 3. The summed E-state index contributed by atoms with van der Waals surface area (Å²) in [4.78, 5) is 20.4. The van der Waals surface area contributed by atoms with Crippen molar-refractivity contribution in [2.45, 2.75) is 25.2 Å². The third-order valence-corrected chi connectivity index (χ3v) is 5.13. The molecule has 8 heteroatoms. The van der Waals surface area contributed by atoms with E-state index in [4.69, 9.17) is 0 Å². The lowest BCUT2D eigenvalue weighted by molar-refractivity contribution is -0.144. The Hall–Kier alpha value is -2.87. The Morgan fingerprint density at radius 3 is 2.75 bits per heavy atom. The molecule has 146 valence electrons. The van der Waals surface area contributed by atoms with Gasteiger partial charge in [0.25, 0.3) is 5.91 Å². The normalized spacial score (nSPS) is 17.5. The lowest BCUT2D eigenvalue weighted by Crippen LogP contribution is -2.45. The number of halogens is 3. The van der Waals surface area contributed by atoms with Crippen LogP contribution in [0, 0.1) is 0 Å². The first kappa shape index (κ1) is 18.5. The van der Waals surface area contributed by atoms with Crippen molar-refractivity contribution in [3.05, 3.63) is 65.0 Å². The first-order valence-electron chi connectivity index (χ1n) is 8.93. The second-order valence-electron chi connectivity index (χ2n) is 7.07. The van der Waals surface area contributed by atoms with E-state index in [-0.39, 0.29) is 23.0 Å². The number of carbonyl (C=O) groups is 1. The number of carbonyl (C=O) groups excluding carboxylic acids is 1. The maximum Gasteiger partial charge on any atom is 0.449 e. The molecular weight excluding hydrogens is 369 g/mol. The molecule has 1 aromatic heterocycles. The fourth-order valence-corrected chi connectivity index (χ4v) is 3.54. The molecule has 0 radical (unpaired) electrons. The Morgan fingerprint density at radius 2 is 2.00 bits per heavy atom. The van der Waals surface area contributed by atoms with Crippen LogP contribution in [0.2, 0.25) is 0 Å². The summed E-state index contributed by atoms with van der Waals surface area (Å²) in [6.45, 7) is 1.27. The molecule has 1 atom stereocenters. The Balaban J connectivity index is 1.45. The predicted octanol–water partition coefficient (Wildman–Crippen LogP) is 3.37. The van der Waals surface area contributed by atoms with Crippen molar-refractivity contribution in [3.63, 3.8) is 0 Å². The van der Waals surface area contributed by atoms with Crippen molar-refractivity contribution in [1.82, 2.24) is 20.2 Å². The average Bonchev–Trinajstić information content (AvgIpc) is 3.10. The quantitative estimate of drug-likeness (QED) is 0.723. The maximum absolute atomic E-state index is 12.8. The largest absolute Gasteiger partial charge is 0.449 e. The Kier molecular flexibility index (Phi) is 4.58. The van der Waals surface area contributed by atoms with E-state index < -0.39 is 12.0 Å². The summed E-state index contributed by atoms with van der Waals surface area (Å²) in [6, 6.07) is 12.7. The minimum atomic E-state index is -4.55. The lowest BCUT2D eigenvalue weighted by atomic mass is 9.94. The van der Waals surface area contributed by atoms with E-state index in [2.05, 4.69) is 32.3 Å². The van der Waals surface area contributed by atoms with E-state index in [1.165, 1.54) is 29.3 Å². The second-order valence-corrected chi connectivity index (χ2v) is 7.07. The number of hydrogen-bond acceptors (Lipinski definition) is 3. The average molecular weight is 388 g/mol. The van der Waals surface area contributed by atoms with Crippen molar-refractivity contribution in [3.8, 4) is 0 Å². The smallest absolute Gasteiger partial charge is 0.350 e. The zero-order valence-corrected chi connectivity index (χ0v) is 15.2. The summed E-state index contributed by atoms with van der Waals surface area (Å²) in [7, 11) is 2.02. The van der Waals surface area contributed by atoms with Gasteiger partial charge in [-0.15, -0.1) is 0 Å². The number of hydrogen-bond donors (Lipinski definition) is 2. The van der Waals surface area contributed by atoms with Crippen LogP contribution in [0.1, 0.15) is 27.3 Å². The van der Waals surface area contributed by atoms with Gasteiger partial charge in [0.1, 0.15) is 0 Å². The second kappa shape index (κ2) is 6.94. The van der Waals surface area contributed by atoms with Gasteiger partial charge in [0.05, 0.1) is 11.0 Å². The number of aromatic nitrogens is 2. The zero-order valence-electron chi connectivity index (χ0n) is 15.2.